The number of thioether (sulfide) groups is 1. The third-order valence-electron chi connectivity index (χ3n) is 1.85. The molecule has 4 heteroatoms. The van der Waals surface area contributed by atoms with E-state index >= 15 is 0 Å². The first-order valence-corrected chi connectivity index (χ1v) is 5.57. The lowest BCUT2D eigenvalue weighted by Gasteiger charge is -2.11. The van der Waals surface area contributed by atoms with Crippen molar-refractivity contribution in [2.75, 3.05) is 12.3 Å². The predicted molar refractivity (Wildman–Crippen MR) is 59.2 cm³/mol. The zero-order valence-electron chi connectivity index (χ0n) is 8.05. The third kappa shape index (κ3) is 3.38. The summed E-state index contributed by atoms with van der Waals surface area (Å²) in [6.45, 7) is 2.02. The van der Waals surface area contributed by atoms with Crippen molar-refractivity contribution >= 4 is 11.8 Å². The standard InChI is InChI=1S/C10H13NO2S/c1-2-14-10(8-11(12)13)9-6-4-3-5-7-9/h3-7,10H,2,8H2,1H3. The Labute approximate surface area is 87.7 Å². The topological polar surface area (TPSA) is 43.1 Å². The molecule has 0 aliphatic carbocycles. The summed E-state index contributed by atoms with van der Waals surface area (Å²) in [6.07, 6.45) is 0. The number of rotatable bonds is 5. The van der Waals surface area contributed by atoms with E-state index in [1.54, 1.807) is 11.8 Å². The molecule has 0 N–H and O–H groups in total. The molecule has 1 unspecified atom stereocenters. The molecular weight excluding hydrogens is 198 g/mol. The molecule has 1 aromatic carbocycles. The minimum Gasteiger partial charge on any atom is -0.264 e. The molecule has 0 spiro atoms. The van der Waals surface area contributed by atoms with Crippen molar-refractivity contribution in [2.45, 2.75) is 12.2 Å². The highest BCUT2D eigenvalue weighted by Gasteiger charge is 2.16. The maximum atomic E-state index is 10.5. The summed E-state index contributed by atoms with van der Waals surface area (Å²) < 4.78 is 0. The fourth-order valence-electron chi connectivity index (χ4n) is 1.26. The first kappa shape index (κ1) is 11.0. The highest BCUT2D eigenvalue weighted by Crippen LogP contribution is 2.28. The van der Waals surface area contributed by atoms with Crippen LogP contribution < -0.4 is 0 Å². The molecule has 76 valence electrons. The van der Waals surface area contributed by atoms with Crippen molar-refractivity contribution in [1.82, 2.24) is 0 Å². The summed E-state index contributed by atoms with van der Waals surface area (Å²) in [5.41, 5.74) is 1.04. The molecule has 1 rings (SSSR count). The van der Waals surface area contributed by atoms with Crippen LogP contribution >= 0.6 is 11.8 Å². The Hall–Kier alpha value is -1.03. The summed E-state index contributed by atoms with van der Waals surface area (Å²) >= 11 is 1.62. The molecule has 0 saturated heterocycles. The van der Waals surface area contributed by atoms with E-state index in [2.05, 4.69) is 0 Å². The average molecular weight is 211 g/mol. The van der Waals surface area contributed by atoms with Gasteiger partial charge >= 0.3 is 0 Å². The summed E-state index contributed by atoms with van der Waals surface area (Å²) in [7, 11) is 0. The molecule has 14 heavy (non-hydrogen) atoms. The van der Waals surface area contributed by atoms with Gasteiger partial charge in [-0.05, 0) is 11.3 Å². The molecule has 0 aliphatic heterocycles. The van der Waals surface area contributed by atoms with E-state index in [0.29, 0.717) is 0 Å². The zero-order valence-corrected chi connectivity index (χ0v) is 8.87. The van der Waals surface area contributed by atoms with Gasteiger partial charge in [-0.2, -0.15) is 0 Å². The number of nitrogens with zero attached hydrogens (tertiary/aromatic N) is 1. The molecule has 1 atom stereocenters. The van der Waals surface area contributed by atoms with Crippen molar-refractivity contribution in [3.63, 3.8) is 0 Å². The molecule has 1 aromatic rings. The maximum absolute atomic E-state index is 10.5. The van der Waals surface area contributed by atoms with E-state index in [0.717, 1.165) is 11.3 Å². The van der Waals surface area contributed by atoms with Crippen LogP contribution in [-0.4, -0.2) is 17.2 Å². The quantitative estimate of drug-likeness (QED) is 0.555. The minimum absolute atomic E-state index is 0.00250. The molecule has 0 amide bonds. The van der Waals surface area contributed by atoms with Crippen LogP contribution in [0.2, 0.25) is 0 Å². The number of benzene rings is 1. The van der Waals surface area contributed by atoms with E-state index in [1.807, 2.05) is 37.3 Å². The second-order valence-electron chi connectivity index (χ2n) is 2.87. The van der Waals surface area contributed by atoms with Crippen molar-refractivity contribution in [3.05, 3.63) is 46.0 Å². The third-order valence-corrected chi connectivity index (χ3v) is 3.01. The van der Waals surface area contributed by atoms with E-state index in [9.17, 15) is 10.1 Å². The highest BCUT2D eigenvalue weighted by atomic mass is 32.2. The van der Waals surface area contributed by atoms with Crippen LogP contribution in [0.5, 0.6) is 0 Å². The normalized spacial score (nSPS) is 12.4. The Kier molecular flexibility index (Phi) is 4.46. The van der Waals surface area contributed by atoms with Gasteiger partial charge in [-0.25, -0.2) is 0 Å². The molecule has 0 bridgehead atoms. The lowest BCUT2D eigenvalue weighted by atomic mass is 10.1. The predicted octanol–water partition coefficient (Wildman–Crippen LogP) is 2.76. The largest absolute Gasteiger partial charge is 0.264 e. The van der Waals surface area contributed by atoms with Gasteiger partial charge in [0.05, 0.1) is 5.25 Å². The van der Waals surface area contributed by atoms with Gasteiger partial charge in [0.25, 0.3) is 0 Å². The molecule has 0 radical (unpaired) electrons. The van der Waals surface area contributed by atoms with E-state index in [4.69, 9.17) is 0 Å². The summed E-state index contributed by atoms with van der Waals surface area (Å²) in [5, 5.41) is 10.4. The monoisotopic (exact) mass is 211 g/mol. The van der Waals surface area contributed by atoms with E-state index in [-0.39, 0.29) is 16.7 Å². The molecule has 3 nitrogen and oxygen atoms in total. The Morgan fingerprint density at radius 3 is 2.57 bits per heavy atom. The number of hydrogen-bond acceptors (Lipinski definition) is 3. The van der Waals surface area contributed by atoms with Gasteiger partial charge in [0.1, 0.15) is 0 Å². The SMILES string of the molecule is CCSC(C[N+](=O)[O-])c1ccccc1. The van der Waals surface area contributed by atoms with Crippen LogP contribution in [0.25, 0.3) is 0 Å². The Balaban J connectivity index is 2.72. The lowest BCUT2D eigenvalue weighted by Crippen LogP contribution is -2.09. The fourth-order valence-corrected chi connectivity index (χ4v) is 2.24. The Morgan fingerprint density at radius 2 is 2.07 bits per heavy atom. The van der Waals surface area contributed by atoms with Crippen molar-refractivity contribution in [3.8, 4) is 0 Å². The van der Waals surface area contributed by atoms with Crippen molar-refractivity contribution < 1.29 is 4.92 Å². The van der Waals surface area contributed by atoms with E-state index < -0.39 is 0 Å². The van der Waals surface area contributed by atoms with Gasteiger partial charge in [0.2, 0.25) is 6.54 Å². The van der Waals surface area contributed by atoms with Crippen LogP contribution in [0.15, 0.2) is 30.3 Å². The maximum Gasteiger partial charge on any atom is 0.219 e. The van der Waals surface area contributed by atoms with Gasteiger partial charge in [-0.3, -0.25) is 10.1 Å². The number of hydrogen-bond donors (Lipinski definition) is 0. The van der Waals surface area contributed by atoms with Gasteiger partial charge in [0.15, 0.2) is 0 Å². The van der Waals surface area contributed by atoms with Gasteiger partial charge < -0.3 is 0 Å². The molecule has 0 heterocycles. The lowest BCUT2D eigenvalue weighted by molar-refractivity contribution is -0.479. The van der Waals surface area contributed by atoms with Crippen LogP contribution in [0.1, 0.15) is 17.7 Å². The van der Waals surface area contributed by atoms with Crippen molar-refractivity contribution in [2.24, 2.45) is 0 Å². The van der Waals surface area contributed by atoms with Crippen molar-refractivity contribution in [1.29, 1.82) is 0 Å². The first-order chi connectivity index (χ1) is 6.74. The minimum atomic E-state index is -0.250. The van der Waals surface area contributed by atoms with Crippen LogP contribution in [0, 0.1) is 10.1 Å². The summed E-state index contributed by atoms with van der Waals surface area (Å²) in [5.74, 6) is 0.896. The molecule has 0 aliphatic rings. The summed E-state index contributed by atoms with van der Waals surface area (Å²) in [6, 6.07) is 9.63. The van der Waals surface area contributed by atoms with Crippen LogP contribution in [0.4, 0.5) is 0 Å². The molecule has 0 aromatic heterocycles. The second-order valence-corrected chi connectivity index (χ2v) is 4.35. The zero-order chi connectivity index (χ0) is 10.4. The Bertz CT molecular complexity index is 289. The molecule has 0 saturated carbocycles. The first-order valence-electron chi connectivity index (χ1n) is 4.52. The second kappa shape index (κ2) is 5.65. The Morgan fingerprint density at radius 1 is 1.43 bits per heavy atom. The van der Waals surface area contributed by atoms with Crippen LogP contribution in [0.3, 0.4) is 0 Å². The fraction of sp³-hybridized carbons (Fsp3) is 0.400. The van der Waals surface area contributed by atoms with Gasteiger partial charge in [-0.15, -0.1) is 11.8 Å². The van der Waals surface area contributed by atoms with E-state index in [1.165, 1.54) is 0 Å². The molecular formula is C10H13NO2S. The molecule has 0 fully saturated rings. The average Bonchev–Trinajstić information content (AvgIpc) is 2.18. The number of nitro groups is 1. The van der Waals surface area contributed by atoms with Gasteiger partial charge in [-0.1, -0.05) is 37.3 Å². The van der Waals surface area contributed by atoms with Crippen LogP contribution in [-0.2, 0) is 0 Å². The highest BCUT2D eigenvalue weighted by molar-refractivity contribution is 7.99. The summed E-state index contributed by atoms with van der Waals surface area (Å²) in [4.78, 5) is 10.2. The van der Waals surface area contributed by atoms with Gasteiger partial charge in [0, 0.05) is 4.92 Å². The smallest absolute Gasteiger partial charge is 0.219 e.